The molecule has 2 aromatic heterocycles. The van der Waals surface area contributed by atoms with Crippen LogP contribution >= 0.6 is 0 Å². The van der Waals surface area contributed by atoms with Crippen LogP contribution in [0.5, 0.6) is 0 Å². The van der Waals surface area contributed by atoms with Gasteiger partial charge in [0.2, 0.25) is 5.89 Å². The molecule has 1 unspecified atom stereocenters. The molecule has 7 heteroatoms. The van der Waals surface area contributed by atoms with Gasteiger partial charge in [-0.2, -0.15) is 13.2 Å². The first kappa shape index (κ1) is 16.4. The van der Waals surface area contributed by atoms with Crippen LogP contribution in [-0.4, -0.2) is 21.3 Å². The lowest BCUT2D eigenvalue weighted by atomic mass is 9.92. The van der Waals surface area contributed by atoms with Crippen LogP contribution in [0.25, 0.3) is 22.2 Å². The number of aliphatic hydroxyl groups is 1. The monoisotopic (exact) mass is 358 g/mol. The molecule has 4 aromatic rings. The average Bonchev–Trinajstić information content (AvgIpc) is 3.29. The van der Waals surface area contributed by atoms with Crippen molar-refractivity contribution < 1.29 is 22.7 Å². The molecule has 0 radical (unpaired) electrons. The van der Waals surface area contributed by atoms with E-state index in [0.29, 0.717) is 11.1 Å². The van der Waals surface area contributed by atoms with E-state index in [1.54, 1.807) is 48.5 Å². The smallest absolute Gasteiger partial charge is 0.430 e. The number of rotatable bonds is 3. The second-order valence-corrected chi connectivity index (χ2v) is 5.85. The number of fused-ring (bicyclic) bond motifs is 1. The van der Waals surface area contributed by atoms with E-state index >= 15 is 0 Å². The molecule has 2 N–H and O–H groups in total. The molecule has 0 saturated heterocycles. The first-order valence-electron chi connectivity index (χ1n) is 7.78. The van der Waals surface area contributed by atoms with Gasteiger partial charge in [0.15, 0.2) is 5.76 Å². The van der Waals surface area contributed by atoms with Gasteiger partial charge in [-0.3, -0.25) is 0 Å². The van der Waals surface area contributed by atoms with Crippen molar-refractivity contribution in [2.45, 2.75) is 11.8 Å². The van der Waals surface area contributed by atoms with E-state index in [2.05, 4.69) is 9.97 Å². The Hall–Kier alpha value is -3.06. The molecule has 4 rings (SSSR count). The zero-order chi connectivity index (χ0) is 18.4. The number of hydrogen-bond donors (Lipinski definition) is 2. The molecule has 0 spiro atoms. The fourth-order valence-corrected chi connectivity index (χ4v) is 2.94. The molecule has 0 aliphatic rings. The summed E-state index contributed by atoms with van der Waals surface area (Å²) in [5, 5.41) is 11.0. The largest absolute Gasteiger partial charge is 0.437 e. The molecule has 0 aliphatic carbocycles. The van der Waals surface area contributed by atoms with Gasteiger partial charge in [0, 0.05) is 28.2 Å². The number of nitrogens with zero attached hydrogens (tertiary/aromatic N) is 1. The Kier molecular flexibility index (Phi) is 3.62. The summed E-state index contributed by atoms with van der Waals surface area (Å²) >= 11 is 0. The van der Waals surface area contributed by atoms with Crippen LogP contribution in [0.1, 0.15) is 11.5 Å². The first-order chi connectivity index (χ1) is 12.4. The standard InChI is InChI=1S/C19H13F3N2O2/c20-19(21,22)18(25,14-10-23-15-9-5-4-8-13(14)15)17-24-11-16(26-17)12-6-2-1-3-7-12/h1-11,23,25H. The lowest BCUT2D eigenvalue weighted by Crippen LogP contribution is -2.43. The van der Waals surface area contributed by atoms with E-state index in [4.69, 9.17) is 4.42 Å². The SMILES string of the molecule is OC(c1ncc(-c2ccccc2)o1)(c1c[nH]c2ccccc12)C(F)(F)F. The van der Waals surface area contributed by atoms with Gasteiger partial charge in [0.1, 0.15) is 0 Å². The minimum atomic E-state index is -5.03. The summed E-state index contributed by atoms with van der Waals surface area (Å²) in [4.78, 5) is 6.49. The number of aromatic nitrogens is 2. The Labute approximate surface area is 145 Å². The van der Waals surface area contributed by atoms with Gasteiger partial charge in [-0.05, 0) is 6.07 Å². The topological polar surface area (TPSA) is 62.1 Å². The van der Waals surface area contributed by atoms with Crippen LogP contribution < -0.4 is 0 Å². The van der Waals surface area contributed by atoms with Crippen molar-refractivity contribution in [2.75, 3.05) is 0 Å². The van der Waals surface area contributed by atoms with Crippen molar-refractivity contribution in [3.63, 3.8) is 0 Å². The van der Waals surface area contributed by atoms with Crippen LogP contribution in [0.4, 0.5) is 13.2 Å². The van der Waals surface area contributed by atoms with Crippen molar-refractivity contribution in [3.05, 3.63) is 78.4 Å². The molecule has 0 bridgehead atoms. The molecular formula is C19H13F3N2O2. The quantitative estimate of drug-likeness (QED) is 0.562. The molecule has 26 heavy (non-hydrogen) atoms. The van der Waals surface area contributed by atoms with Crippen molar-refractivity contribution >= 4 is 10.9 Å². The van der Waals surface area contributed by atoms with Gasteiger partial charge < -0.3 is 14.5 Å². The molecule has 0 amide bonds. The summed E-state index contributed by atoms with van der Waals surface area (Å²) in [5.41, 5.74) is -2.70. The maximum Gasteiger partial charge on any atom is 0.430 e. The van der Waals surface area contributed by atoms with Crippen LogP contribution in [0.15, 0.2) is 71.4 Å². The summed E-state index contributed by atoms with van der Waals surface area (Å²) in [6, 6.07) is 15.0. The van der Waals surface area contributed by atoms with E-state index < -0.39 is 17.7 Å². The van der Waals surface area contributed by atoms with E-state index in [9.17, 15) is 18.3 Å². The number of para-hydroxylation sites is 1. The van der Waals surface area contributed by atoms with Gasteiger partial charge in [-0.15, -0.1) is 0 Å². The Morgan fingerprint density at radius 3 is 2.38 bits per heavy atom. The number of nitrogens with one attached hydrogen (secondary N) is 1. The summed E-state index contributed by atoms with van der Waals surface area (Å²) in [7, 11) is 0. The third-order valence-electron chi connectivity index (χ3n) is 4.26. The van der Waals surface area contributed by atoms with Gasteiger partial charge in [-0.25, -0.2) is 4.98 Å². The van der Waals surface area contributed by atoms with E-state index in [-0.39, 0.29) is 16.7 Å². The first-order valence-corrected chi connectivity index (χ1v) is 7.78. The van der Waals surface area contributed by atoms with Crippen LogP contribution in [0.3, 0.4) is 0 Å². The molecular weight excluding hydrogens is 345 g/mol. The normalized spacial score (nSPS) is 14.5. The van der Waals surface area contributed by atoms with Crippen LogP contribution in [-0.2, 0) is 5.60 Å². The molecule has 1 atom stereocenters. The lowest BCUT2D eigenvalue weighted by Gasteiger charge is -2.27. The number of oxazole rings is 1. The average molecular weight is 358 g/mol. The molecule has 0 saturated carbocycles. The predicted molar refractivity (Wildman–Crippen MR) is 89.3 cm³/mol. The number of hydrogen-bond acceptors (Lipinski definition) is 3. The highest BCUT2D eigenvalue weighted by atomic mass is 19.4. The zero-order valence-corrected chi connectivity index (χ0v) is 13.3. The number of H-pyrrole nitrogens is 1. The molecule has 2 aromatic carbocycles. The fraction of sp³-hybridized carbons (Fsp3) is 0.105. The molecule has 2 heterocycles. The predicted octanol–water partition coefficient (Wildman–Crippen LogP) is 4.62. The number of halogens is 3. The molecule has 0 fully saturated rings. The second kappa shape index (κ2) is 5.74. The number of benzene rings is 2. The minimum absolute atomic E-state index is 0.142. The second-order valence-electron chi connectivity index (χ2n) is 5.85. The fourth-order valence-electron chi connectivity index (χ4n) is 2.94. The van der Waals surface area contributed by atoms with Crippen LogP contribution in [0, 0.1) is 0 Å². The van der Waals surface area contributed by atoms with E-state index in [1.165, 1.54) is 12.3 Å². The van der Waals surface area contributed by atoms with Crippen LogP contribution in [0.2, 0.25) is 0 Å². The summed E-state index contributed by atoms with van der Waals surface area (Å²) in [6.07, 6.45) is -2.72. The van der Waals surface area contributed by atoms with E-state index in [0.717, 1.165) is 6.20 Å². The Bertz CT molecular complexity index is 1050. The van der Waals surface area contributed by atoms with Gasteiger partial charge in [0.05, 0.1) is 6.20 Å². The summed E-state index contributed by atoms with van der Waals surface area (Å²) < 4.78 is 47.1. The van der Waals surface area contributed by atoms with Gasteiger partial charge >= 0.3 is 6.18 Å². The lowest BCUT2D eigenvalue weighted by molar-refractivity contribution is -0.255. The van der Waals surface area contributed by atoms with Crippen molar-refractivity contribution in [3.8, 4) is 11.3 Å². The Morgan fingerprint density at radius 2 is 1.65 bits per heavy atom. The Balaban J connectivity index is 1.90. The van der Waals surface area contributed by atoms with Gasteiger partial charge in [0.25, 0.3) is 5.60 Å². The highest BCUT2D eigenvalue weighted by molar-refractivity contribution is 5.84. The minimum Gasteiger partial charge on any atom is -0.437 e. The third kappa shape index (κ3) is 2.40. The van der Waals surface area contributed by atoms with Crippen molar-refractivity contribution in [2.24, 2.45) is 0 Å². The highest BCUT2D eigenvalue weighted by Crippen LogP contribution is 2.46. The number of aromatic amines is 1. The number of alkyl halides is 3. The maximum absolute atomic E-state index is 13.9. The summed E-state index contributed by atoms with van der Waals surface area (Å²) in [6.45, 7) is 0. The highest BCUT2D eigenvalue weighted by Gasteiger charge is 2.61. The van der Waals surface area contributed by atoms with E-state index in [1.807, 2.05) is 0 Å². The Morgan fingerprint density at radius 1 is 0.962 bits per heavy atom. The van der Waals surface area contributed by atoms with Gasteiger partial charge in [-0.1, -0.05) is 48.5 Å². The molecule has 4 nitrogen and oxygen atoms in total. The molecule has 0 aliphatic heterocycles. The third-order valence-corrected chi connectivity index (χ3v) is 4.26. The zero-order valence-electron chi connectivity index (χ0n) is 13.3. The maximum atomic E-state index is 13.9. The molecule has 132 valence electrons. The van der Waals surface area contributed by atoms with Crippen molar-refractivity contribution in [1.82, 2.24) is 9.97 Å². The summed E-state index contributed by atoms with van der Waals surface area (Å²) in [5.74, 6) is -0.684. The van der Waals surface area contributed by atoms with Crippen molar-refractivity contribution in [1.29, 1.82) is 0 Å².